The molecule has 2 aromatic carbocycles. The van der Waals surface area contributed by atoms with E-state index in [4.69, 9.17) is 4.74 Å². The van der Waals surface area contributed by atoms with Crippen LogP contribution in [0, 0.1) is 10.1 Å². The van der Waals surface area contributed by atoms with Crippen molar-refractivity contribution in [3.8, 4) is 0 Å². The van der Waals surface area contributed by atoms with E-state index >= 15 is 0 Å². The Kier molecular flexibility index (Phi) is 5.49. The van der Waals surface area contributed by atoms with E-state index in [0.717, 1.165) is 15.6 Å². The summed E-state index contributed by atoms with van der Waals surface area (Å²) in [5, 5.41) is 10.6. The van der Waals surface area contributed by atoms with Crippen molar-refractivity contribution in [3.63, 3.8) is 0 Å². The van der Waals surface area contributed by atoms with Crippen LogP contribution in [0.2, 0.25) is 0 Å². The van der Waals surface area contributed by atoms with Gasteiger partial charge in [0.25, 0.3) is 5.69 Å². The highest BCUT2D eigenvalue weighted by Gasteiger charge is 2.12. The van der Waals surface area contributed by atoms with E-state index < -0.39 is 4.92 Å². The number of ether oxygens (including phenoxy) is 1. The summed E-state index contributed by atoms with van der Waals surface area (Å²) in [6, 6.07) is 16.5. The third kappa shape index (κ3) is 4.01. The van der Waals surface area contributed by atoms with Crippen LogP contribution in [0.5, 0.6) is 0 Å². The Bertz CT molecular complexity index is 557. The summed E-state index contributed by atoms with van der Waals surface area (Å²) in [6.07, 6.45) is -0.0587. The maximum absolute atomic E-state index is 10.6. The molecular weight excluding hydrogens is 369 g/mol. The normalized spacial score (nSPS) is 12.1. The van der Waals surface area contributed by atoms with Crippen molar-refractivity contribution in [2.24, 2.45) is 0 Å². The van der Waals surface area contributed by atoms with Crippen molar-refractivity contribution in [2.45, 2.75) is 12.7 Å². The first-order valence-corrected chi connectivity index (χ1v) is 7.69. The highest BCUT2D eigenvalue weighted by molar-refractivity contribution is 14.1. The Morgan fingerprint density at radius 2 is 1.75 bits per heavy atom. The number of benzene rings is 2. The largest absolute Gasteiger partial charge is 0.368 e. The molecule has 0 bridgehead atoms. The molecule has 0 aliphatic carbocycles. The quantitative estimate of drug-likeness (QED) is 0.324. The first-order chi connectivity index (χ1) is 9.70. The van der Waals surface area contributed by atoms with E-state index in [0.29, 0.717) is 6.61 Å². The van der Waals surface area contributed by atoms with Crippen molar-refractivity contribution in [1.82, 2.24) is 0 Å². The van der Waals surface area contributed by atoms with E-state index in [-0.39, 0.29) is 11.8 Å². The van der Waals surface area contributed by atoms with Crippen LogP contribution < -0.4 is 0 Å². The van der Waals surface area contributed by atoms with Crippen molar-refractivity contribution < 1.29 is 9.66 Å². The molecule has 5 heteroatoms. The number of nitro groups is 1. The van der Waals surface area contributed by atoms with Gasteiger partial charge < -0.3 is 4.74 Å². The molecular formula is C15H14INO3. The van der Waals surface area contributed by atoms with E-state index in [1.807, 2.05) is 30.3 Å². The third-order valence-electron chi connectivity index (χ3n) is 2.91. The molecule has 0 radical (unpaired) electrons. The lowest BCUT2D eigenvalue weighted by atomic mass is 10.1. The molecule has 2 rings (SSSR count). The van der Waals surface area contributed by atoms with Gasteiger partial charge in [-0.3, -0.25) is 10.1 Å². The highest BCUT2D eigenvalue weighted by atomic mass is 127. The van der Waals surface area contributed by atoms with Gasteiger partial charge in [-0.1, -0.05) is 52.9 Å². The molecule has 0 aromatic heterocycles. The van der Waals surface area contributed by atoms with Crippen LogP contribution in [-0.4, -0.2) is 9.35 Å². The fourth-order valence-electron chi connectivity index (χ4n) is 1.81. The molecule has 0 fully saturated rings. The Morgan fingerprint density at radius 3 is 2.30 bits per heavy atom. The number of halogens is 1. The first-order valence-electron chi connectivity index (χ1n) is 6.16. The smallest absolute Gasteiger partial charge is 0.269 e. The maximum Gasteiger partial charge on any atom is 0.269 e. The first kappa shape index (κ1) is 14.9. The molecule has 0 heterocycles. The number of alkyl halides is 1. The van der Waals surface area contributed by atoms with Crippen LogP contribution in [0.4, 0.5) is 5.69 Å². The molecule has 0 saturated carbocycles. The topological polar surface area (TPSA) is 52.4 Å². The summed E-state index contributed by atoms with van der Waals surface area (Å²) < 4.78 is 6.68. The Morgan fingerprint density at radius 1 is 1.10 bits per heavy atom. The van der Waals surface area contributed by atoms with Crippen LogP contribution in [0.3, 0.4) is 0 Å². The molecule has 0 N–H and O–H groups in total. The number of non-ortho nitro benzene ring substituents is 1. The predicted molar refractivity (Wildman–Crippen MR) is 86.0 cm³/mol. The molecule has 0 aliphatic heterocycles. The van der Waals surface area contributed by atoms with E-state index in [2.05, 4.69) is 22.6 Å². The molecule has 0 saturated heterocycles. The molecule has 2 aromatic rings. The van der Waals surface area contributed by atoms with Crippen molar-refractivity contribution in [3.05, 3.63) is 75.8 Å². The lowest BCUT2D eigenvalue weighted by Gasteiger charge is -2.15. The van der Waals surface area contributed by atoms with Gasteiger partial charge in [0, 0.05) is 16.6 Å². The minimum absolute atomic E-state index is 0.0587. The second kappa shape index (κ2) is 7.35. The average molecular weight is 383 g/mol. The third-order valence-corrected chi connectivity index (χ3v) is 3.71. The highest BCUT2D eigenvalue weighted by Crippen LogP contribution is 2.23. The number of hydrogen-bond donors (Lipinski definition) is 0. The fourth-order valence-corrected chi connectivity index (χ4v) is 2.57. The zero-order chi connectivity index (χ0) is 14.4. The van der Waals surface area contributed by atoms with Crippen LogP contribution >= 0.6 is 22.6 Å². The number of nitro benzene ring substituents is 1. The second-order valence-electron chi connectivity index (χ2n) is 4.29. The minimum atomic E-state index is -0.395. The van der Waals surface area contributed by atoms with Crippen LogP contribution in [0.15, 0.2) is 54.6 Å². The van der Waals surface area contributed by atoms with Gasteiger partial charge in [-0.2, -0.15) is 0 Å². The van der Waals surface area contributed by atoms with Crippen molar-refractivity contribution in [2.75, 3.05) is 4.43 Å². The molecule has 1 atom stereocenters. The maximum atomic E-state index is 10.6. The molecule has 20 heavy (non-hydrogen) atoms. The van der Waals surface area contributed by atoms with Crippen molar-refractivity contribution >= 4 is 28.3 Å². The van der Waals surface area contributed by atoms with Crippen LogP contribution in [-0.2, 0) is 11.3 Å². The second-order valence-corrected chi connectivity index (χ2v) is 5.17. The zero-order valence-electron chi connectivity index (χ0n) is 10.7. The van der Waals surface area contributed by atoms with Gasteiger partial charge in [0.1, 0.15) is 0 Å². The van der Waals surface area contributed by atoms with Gasteiger partial charge in [0.15, 0.2) is 0 Å². The molecule has 0 amide bonds. The summed E-state index contributed by atoms with van der Waals surface area (Å²) in [4.78, 5) is 10.2. The molecule has 104 valence electrons. The average Bonchev–Trinajstić information content (AvgIpc) is 2.49. The summed E-state index contributed by atoms with van der Waals surface area (Å²) in [5.74, 6) is 0. The van der Waals surface area contributed by atoms with Crippen LogP contribution in [0.25, 0.3) is 0 Å². The monoisotopic (exact) mass is 383 g/mol. The van der Waals surface area contributed by atoms with Gasteiger partial charge in [-0.15, -0.1) is 0 Å². The SMILES string of the molecule is O=[N+]([O-])c1ccc(C(CI)OCc2ccccc2)cc1. The summed E-state index contributed by atoms with van der Waals surface area (Å²) in [5.41, 5.74) is 2.18. The molecule has 1 unspecified atom stereocenters. The van der Waals surface area contributed by atoms with Gasteiger partial charge >= 0.3 is 0 Å². The summed E-state index contributed by atoms with van der Waals surface area (Å²) >= 11 is 2.26. The molecule has 4 nitrogen and oxygen atoms in total. The van der Waals surface area contributed by atoms with Gasteiger partial charge in [0.2, 0.25) is 0 Å². The predicted octanol–water partition coefficient (Wildman–Crippen LogP) is 4.29. The Labute approximate surface area is 131 Å². The van der Waals surface area contributed by atoms with Gasteiger partial charge in [-0.25, -0.2) is 0 Å². The number of hydrogen-bond acceptors (Lipinski definition) is 3. The lowest BCUT2D eigenvalue weighted by Crippen LogP contribution is -2.06. The van der Waals surface area contributed by atoms with E-state index in [9.17, 15) is 10.1 Å². The number of nitrogens with zero attached hydrogens (tertiary/aromatic N) is 1. The van der Waals surface area contributed by atoms with E-state index in [1.54, 1.807) is 12.1 Å². The summed E-state index contributed by atoms with van der Waals surface area (Å²) in [7, 11) is 0. The Balaban J connectivity index is 2.02. The lowest BCUT2D eigenvalue weighted by molar-refractivity contribution is -0.384. The minimum Gasteiger partial charge on any atom is -0.368 e. The van der Waals surface area contributed by atoms with Gasteiger partial charge in [-0.05, 0) is 23.3 Å². The fraction of sp³-hybridized carbons (Fsp3) is 0.200. The van der Waals surface area contributed by atoms with Gasteiger partial charge in [0.05, 0.1) is 17.6 Å². The Hall–Kier alpha value is -1.47. The molecule has 0 spiro atoms. The standard InChI is InChI=1S/C15H14INO3/c16-10-15(20-11-12-4-2-1-3-5-12)13-6-8-14(9-7-13)17(18)19/h1-9,15H,10-11H2. The zero-order valence-corrected chi connectivity index (χ0v) is 12.9. The molecule has 0 aliphatic rings. The number of rotatable bonds is 6. The van der Waals surface area contributed by atoms with Crippen molar-refractivity contribution in [1.29, 1.82) is 0 Å². The van der Waals surface area contributed by atoms with Crippen LogP contribution in [0.1, 0.15) is 17.2 Å². The van der Waals surface area contributed by atoms with E-state index in [1.165, 1.54) is 12.1 Å². The summed E-state index contributed by atoms with van der Waals surface area (Å²) in [6.45, 7) is 0.533.